The summed E-state index contributed by atoms with van der Waals surface area (Å²) in [5, 5.41) is 14.5. The number of piperidine rings is 1. The number of rotatable bonds is 8. The van der Waals surface area contributed by atoms with E-state index in [1.165, 1.54) is 4.90 Å². The van der Waals surface area contributed by atoms with Crippen molar-refractivity contribution in [2.75, 3.05) is 33.8 Å². The van der Waals surface area contributed by atoms with Gasteiger partial charge in [0, 0.05) is 37.2 Å². The third kappa shape index (κ3) is 4.83. The Balaban J connectivity index is 1.71. The number of fused-ring (bicyclic) bond motifs is 1. The van der Waals surface area contributed by atoms with Crippen LogP contribution in [0.2, 0.25) is 0 Å². The van der Waals surface area contributed by atoms with Gasteiger partial charge in [0.1, 0.15) is 0 Å². The van der Waals surface area contributed by atoms with Gasteiger partial charge in [-0.1, -0.05) is 11.2 Å². The van der Waals surface area contributed by atoms with Crippen LogP contribution in [-0.2, 0) is 24.3 Å². The van der Waals surface area contributed by atoms with Gasteiger partial charge < -0.3 is 24.2 Å². The number of aryl methyl sites for hydroxylation is 1. The molecule has 1 N–H and O–H groups in total. The SMILES string of the molecule is CCOCc1ccc2c(CCC3CCN(C(=O)O)CC3)noc2c1CN(C)C. The second-order valence-corrected chi connectivity index (χ2v) is 7.84. The van der Waals surface area contributed by atoms with Crippen molar-refractivity contribution in [3.8, 4) is 0 Å². The first-order valence-electron chi connectivity index (χ1n) is 10.1. The topological polar surface area (TPSA) is 79.0 Å². The van der Waals surface area contributed by atoms with Crippen molar-refractivity contribution in [1.29, 1.82) is 0 Å². The van der Waals surface area contributed by atoms with Gasteiger partial charge in [-0.3, -0.25) is 0 Å². The lowest BCUT2D eigenvalue weighted by molar-refractivity contribution is 0.123. The Kier molecular flexibility index (Phi) is 6.91. The van der Waals surface area contributed by atoms with Crippen LogP contribution < -0.4 is 0 Å². The predicted molar refractivity (Wildman–Crippen MR) is 107 cm³/mol. The molecule has 1 fully saturated rings. The van der Waals surface area contributed by atoms with E-state index in [9.17, 15) is 4.79 Å². The molecule has 1 aromatic carbocycles. The number of carbonyl (C=O) groups is 1. The molecule has 1 aliphatic heterocycles. The van der Waals surface area contributed by atoms with Gasteiger partial charge in [-0.2, -0.15) is 0 Å². The number of benzene rings is 1. The van der Waals surface area contributed by atoms with E-state index in [2.05, 4.69) is 22.2 Å². The lowest BCUT2D eigenvalue weighted by Crippen LogP contribution is -2.37. The molecular formula is C21H31N3O4. The summed E-state index contributed by atoms with van der Waals surface area (Å²) in [5.41, 5.74) is 4.15. The summed E-state index contributed by atoms with van der Waals surface area (Å²) < 4.78 is 11.4. The fraction of sp³-hybridized carbons (Fsp3) is 0.619. The minimum absolute atomic E-state index is 0.542. The Morgan fingerprint density at radius 2 is 2.11 bits per heavy atom. The summed E-state index contributed by atoms with van der Waals surface area (Å²) in [6.07, 6.45) is 2.91. The fourth-order valence-corrected chi connectivity index (χ4v) is 3.92. The summed E-state index contributed by atoms with van der Waals surface area (Å²) >= 11 is 0. The monoisotopic (exact) mass is 389 g/mol. The molecule has 0 spiro atoms. The molecule has 7 heteroatoms. The number of nitrogens with zero attached hydrogens (tertiary/aromatic N) is 3. The zero-order chi connectivity index (χ0) is 20.1. The quantitative estimate of drug-likeness (QED) is 0.741. The van der Waals surface area contributed by atoms with E-state index in [0.717, 1.165) is 60.0 Å². The predicted octanol–water partition coefficient (Wildman–Crippen LogP) is 3.75. The van der Waals surface area contributed by atoms with Crippen LogP contribution in [0.1, 0.15) is 43.0 Å². The molecule has 0 saturated carbocycles. The number of aromatic nitrogens is 1. The van der Waals surface area contributed by atoms with Crippen LogP contribution in [0, 0.1) is 5.92 Å². The number of likely N-dealkylation sites (tertiary alicyclic amines) is 1. The van der Waals surface area contributed by atoms with E-state index < -0.39 is 6.09 Å². The van der Waals surface area contributed by atoms with Gasteiger partial charge in [0.15, 0.2) is 5.58 Å². The molecule has 28 heavy (non-hydrogen) atoms. The molecule has 1 saturated heterocycles. The summed E-state index contributed by atoms with van der Waals surface area (Å²) in [7, 11) is 4.09. The first kappa shape index (κ1) is 20.6. The molecule has 2 aromatic rings. The van der Waals surface area contributed by atoms with E-state index in [4.69, 9.17) is 14.4 Å². The summed E-state index contributed by atoms with van der Waals surface area (Å²) in [6.45, 7) is 5.30. The highest BCUT2D eigenvalue weighted by atomic mass is 16.5. The van der Waals surface area contributed by atoms with Crippen LogP contribution in [0.4, 0.5) is 4.79 Å². The lowest BCUT2D eigenvalue weighted by atomic mass is 9.91. The van der Waals surface area contributed by atoms with Crippen LogP contribution in [0.5, 0.6) is 0 Å². The van der Waals surface area contributed by atoms with Gasteiger partial charge in [0.25, 0.3) is 0 Å². The Morgan fingerprint density at radius 1 is 1.36 bits per heavy atom. The molecule has 1 amide bonds. The van der Waals surface area contributed by atoms with Crippen molar-refractivity contribution in [3.05, 3.63) is 29.0 Å². The highest BCUT2D eigenvalue weighted by Crippen LogP contribution is 2.29. The van der Waals surface area contributed by atoms with E-state index in [1.54, 1.807) is 0 Å². The Bertz CT molecular complexity index is 794. The van der Waals surface area contributed by atoms with Crippen molar-refractivity contribution in [2.45, 2.75) is 45.8 Å². The first-order chi connectivity index (χ1) is 13.5. The highest BCUT2D eigenvalue weighted by Gasteiger charge is 2.23. The van der Waals surface area contributed by atoms with Crippen LogP contribution in [0.3, 0.4) is 0 Å². The number of amides is 1. The standard InChI is InChI=1S/C21H31N3O4/c1-4-27-14-16-6-7-17-19(22-28-20(17)18(16)13-23(2)3)8-5-15-9-11-24(12-10-15)21(25)26/h6-7,15H,4-5,8-14H2,1-3H3,(H,25,26). The summed E-state index contributed by atoms with van der Waals surface area (Å²) in [4.78, 5) is 14.7. The fourth-order valence-electron chi connectivity index (χ4n) is 3.92. The molecule has 0 aliphatic carbocycles. The molecule has 154 valence electrons. The number of carboxylic acid groups (broad SMARTS) is 1. The summed E-state index contributed by atoms with van der Waals surface area (Å²) in [5.74, 6) is 0.542. The van der Waals surface area contributed by atoms with Gasteiger partial charge in [0.2, 0.25) is 0 Å². The van der Waals surface area contributed by atoms with Crippen LogP contribution in [-0.4, -0.2) is 59.9 Å². The molecule has 0 radical (unpaired) electrons. The molecule has 3 rings (SSSR count). The first-order valence-corrected chi connectivity index (χ1v) is 10.1. The minimum Gasteiger partial charge on any atom is -0.465 e. The summed E-state index contributed by atoms with van der Waals surface area (Å²) in [6, 6.07) is 4.23. The minimum atomic E-state index is -0.808. The van der Waals surface area contributed by atoms with Crippen molar-refractivity contribution in [1.82, 2.24) is 15.0 Å². The van der Waals surface area contributed by atoms with Crippen molar-refractivity contribution >= 4 is 17.1 Å². The van der Waals surface area contributed by atoms with Crippen molar-refractivity contribution in [2.24, 2.45) is 5.92 Å². The van der Waals surface area contributed by atoms with Crippen molar-refractivity contribution in [3.63, 3.8) is 0 Å². The molecule has 7 nitrogen and oxygen atoms in total. The van der Waals surface area contributed by atoms with Crippen molar-refractivity contribution < 1.29 is 19.2 Å². The van der Waals surface area contributed by atoms with Crippen LogP contribution >= 0.6 is 0 Å². The number of hydrogen-bond donors (Lipinski definition) is 1. The molecule has 0 atom stereocenters. The molecular weight excluding hydrogens is 358 g/mol. The number of hydrogen-bond acceptors (Lipinski definition) is 5. The lowest BCUT2D eigenvalue weighted by Gasteiger charge is -2.29. The van der Waals surface area contributed by atoms with E-state index >= 15 is 0 Å². The Morgan fingerprint density at radius 3 is 2.75 bits per heavy atom. The second-order valence-electron chi connectivity index (χ2n) is 7.84. The highest BCUT2D eigenvalue weighted by molar-refractivity contribution is 5.83. The van der Waals surface area contributed by atoms with Crippen LogP contribution in [0.15, 0.2) is 16.7 Å². The Hall–Kier alpha value is -2.12. The number of ether oxygens (including phenoxy) is 1. The van der Waals surface area contributed by atoms with E-state index in [1.807, 2.05) is 21.0 Å². The maximum absolute atomic E-state index is 11.0. The van der Waals surface area contributed by atoms with E-state index in [0.29, 0.717) is 32.2 Å². The largest absolute Gasteiger partial charge is 0.465 e. The zero-order valence-electron chi connectivity index (χ0n) is 17.1. The maximum atomic E-state index is 11.0. The Labute approximate surface area is 166 Å². The molecule has 1 aliphatic rings. The third-order valence-electron chi connectivity index (χ3n) is 5.53. The average Bonchev–Trinajstić information content (AvgIpc) is 3.09. The smallest absolute Gasteiger partial charge is 0.407 e. The van der Waals surface area contributed by atoms with Gasteiger partial charge >= 0.3 is 6.09 Å². The van der Waals surface area contributed by atoms with Gasteiger partial charge in [0.05, 0.1) is 12.3 Å². The molecule has 1 aromatic heterocycles. The molecule has 2 heterocycles. The van der Waals surface area contributed by atoms with Gasteiger partial charge in [-0.05, 0) is 64.3 Å². The molecule has 0 bridgehead atoms. The van der Waals surface area contributed by atoms with Gasteiger partial charge in [-0.25, -0.2) is 4.79 Å². The zero-order valence-corrected chi connectivity index (χ0v) is 17.1. The van der Waals surface area contributed by atoms with Gasteiger partial charge in [-0.15, -0.1) is 0 Å². The normalized spacial score (nSPS) is 15.6. The van der Waals surface area contributed by atoms with E-state index in [-0.39, 0.29) is 0 Å². The molecule has 0 unspecified atom stereocenters. The van der Waals surface area contributed by atoms with Crippen LogP contribution in [0.25, 0.3) is 11.0 Å². The third-order valence-corrected chi connectivity index (χ3v) is 5.53. The second kappa shape index (κ2) is 9.39. The average molecular weight is 389 g/mol. The maximum Gasteiger partial charge on any atom is 0.407 e.